The Kier molecular flexibility index (Phi) is 3.41. The Morgan fingerprint density at radius 2 is 1.79 bits per heavy atom. The molecule has 0 bridgehead atoms. The minimum absolute atomic E-state index is 0.552. The average Bonchev–Trinajstić information content (AvgIpc) is 2.21. The van der Waals surface area contributed by atoms with Gasteiger partial charge in [-0.15, -0.1) is 0 Å². The lowest BCUT2D eigenvalue weighted by Crippen LogP contribution is -2.41. The van der Waals surface area contributed by atoms with Gasteiger partial charge in [0.25, 0.3) is 5.85 Å². The zero-order valence-electron chi connectivity index (χ0n) is 6.75. The summed E-state index contributed by atoms with van der Waals surface area (Å²) < 4.78 is 43.9. The highest BCUT2D eigenvalue weighted by molar-refractivity contribution is 6.48. The van der Waals surface area contributed by atoms with Gasteiger partial charge in [0.2, 0.25) is 6.17 Å². The first kappa shape index (κ1) is 12.2. The normalized spacial score (nSPS) is 34.1. The first-order valence-corrected chi connectivity index (χ1v) is 4.49. The van der Waals surface area contributed by atoms with Crippen LogP contribution in [-0.2, 0) is 4.74 Å². The van der Waals surface area contributed by atoms with Crippen molar-refractivity contribution in [2.24, 2.45) is 0 Å². The van der Waals surface area contributed by atoms with E-state index in [9.17, 15) is 13.2 Å². The van der Waals surface area contributed by atoms with Gasteiger partial charge >= 0.3 is 0 Å². The standard InChI is InChI=1S/C7H4Cl3F3O/c1-14-7(13)5(11)3(9)2(8)4(10)6(7)12/h5H,1H3. The fourth-order valence-electron chi connectivity index (χ4n) is 0.929. The molecule has 0 saturated carbocycles. The molecule has 1 aliphatic rings. The maximum absolute atomic E-state index is 13.5. The molecule has 0 N–H and O–H groups in total. The third-order valence-electron chi connectivity index (χ3n) is 1.74. The van der Waals surface area contributed by atoms with E-state index in [0.717, 1.165) is 7.11 Å². The molecule has 1 aliphatic carbocycles. The van der Waals surface area contributed by atoms with Crippen LogP contribution in [0.2, 0.25) is 0 Å². The largest absolute Gasteiger partial charge is 0.341 e. The monoisotopic (exact) mass is 266 g/mol. The fourth-order valence-corrected chi connectivity index (χ4v) is 1.62. The van der Waals surface area contributed by atoms with Crippen LogP contribution in [0.4, 0.5) is 13.2 Å². The van der Waals surface area contributed by atoms with Gasteiger partial charge in [0.05, 0.1) is 15.1 Å². The number of halogens is 6. The Morgan fingerprint density at radius 1 is 1.29 bits per heavy atom. The minimum Gasteiger partial charge on any atom is -0.341 e. The summed E-state index contributed by atoms with van der Waals surface area (Å²) in [7, 11) is 0.791. The lowest BCUT2D eigenvalue weighted by molar-refractivity contribution is -0.141. The van der Waals surface area contributed by atoms with Crippen LogP contribution >= 0.6 is 34.8 Å². The van der Waals surface area contributed by atoms with Crippen LogP contribution in [0.1, 0.15) is 0 Å². The molecular formula is C7H4Cl3F3O. The van der Waals surface area contributed by atoms with Gasteiger partial charge in [-0.25, -0.2) is 13.2 Å². The van der Waals surface area contributed by atoms with Crippen molar-refractivity contribution in [3.63, 3.8) is 0 Å². The first-order chi connectivity index (χ1) is 6.36. The number of methoxy groups -OCH3 is 1. The molecule has 0 amide bonds. The third-order valence-corrected chi connectivity index (χ3v) is 3.06. The Morgan fingerprint density at radius 3 is 2.21 bits per heavy atom. The number of allylic oxidation sites excluding steroid dienone is 2. The van der Waals surface area contributed by atoms with Crippen molar-refractivity contribution in [2.45, 2.75) is 12.0 Å². The fraction of sp³-hybridized carbons (Fsp3) is 0.429. The van der Waals surface area contributed by atoms with Crippen LogP contribution in [0.15, 0.2) is 20.9 Å². The second kappa shape index (κ2) is 3.93. The number of alkyl halides is 2. The summed E-state index contributed by atoms with van der Waals surface area (Å²) in [4.78, 5) is 0. The van der Waals surface area contributed by atoms with Crippen LogP contribution in [0, 0.1) is 0 Å². The number of hydrogen-bond acceptors (Lipinski definition) is 1. The summed E-state index contributed by atoms with van der Waals surface area (Å²) >= 11 is 15.9. The molecule has 7 heteroatoms. The van der Waals surface area contributed by atoms with Gasteiger partial charge in [0, 0.05) is 7.11 Å². The summed E-state index contributed by atoms with van der Waals surface area (Å²) in [6.45, 7) is 0. The van der Waals surface area contributed by atoms with Crippen LogP contribution in [-0.4, -0.2) is 19.1 Å². The van der Waals surface area contributed by atoms with E-state index in [4.69, 9.17) is 34.8 Å². The maximum atomic E-state index is 13.5. The van der Waals surface area contributed by atoms with Crippen molar-refractivity contribution in [1.29, 1.82) is 0 Å². The molecule has 14 heavy (non-hydrogen) atoms. The van der Waals surface area contributed by atoms with Crippen molar-refractivity contribution in [2.75, 3.05) is 7.11 Å². The van der Waals surface area contributed by atoms with Gasteiger partial charge < -0.3 is 4.74 Å². The SMILES string of the molecule is COC1(F)C(F)=C(Cl)C(Cl)=C(Cl)C1F. The van der Waals surface area contributed by atoms with Gasteiger partial charge in [0.15, 0.2) is 5.83 Å². The molecule has 0 radical (unpaired) electrons. The maximum Gasteiger partial charge on any atom is 0.299 e. The second-order valence-corrected chi connectivity index (χ2v) is 3.66. The zero-order chi connectivity index (χ0) is 11.1. The van der Waals surface area contributed by atoms with Crippen molar-refractivity contribution in [1.82, 2.24) is 0 Å². The summed E-state index contributed by atoms with van der Waals surface area (Å²) in [6.07, 6.45) is -2.52. The average molecular weight is 267 g/mol. The Bertz CT molecular complexity index is 328. The van der Waals surface area contributed by atoms with Gasteiger partial charge in [0.1, 0.15) is 0 Å². The van der Waals surface area contributed by atoms with Crippen molar-refractivity contribution in [3.8, 4) is 0 Å². The van der Waals surface area contributed by atoms with Gasteiger partial charge in [-0.3, -0.25) is 0 Å². The Labute approximate surface area is 93.1 Å². The van der Waals surface area contributed by atoms with Crippen LogP contribution < -0.4 is 0 Å². The van der Waals surface area contributed by atoms with E-state index in [1.165, 1.54) is 0 Å². The molecule has 0 spiro atoms. The smallest absolute Gasteiger partial charge is 0.299 e. The third kappa shape index (κ3) is 1.54. The van der Waals surface area contributed by atoms with E-state index < -0.39 is 33.0 Å². The lowest BCUT2D eigenvalue weighted by Gasteiger charge is -2.29. The molecular weight excluding hydrogens is 263 g/mol. The van der Waals surface area contributed by atoms with Crippen molar-refractivity contribution in [3.05, 3.63) is 20.9 Å². The Hall–Kier alpha value is 0.1000. The highest BCUT2D eigenvalue weighted by Crippen LogP contribution is 2.46. The molecule has 2 unspecified atom stereocenters. The van der Waals surface area contributed by atoms with Crippen LogP contribution in [0.3, 0.4) is 0 Å². The van der Waals surface area contributed by atoms with E-state index >= 15 is 0 Å². The van der Waals surface area contributed by atoms with E-state index in [-0.39, 0.29) is 0 Å². The molecule has 0 aromatic heterocycles. The number of rotatable bonds is 1. The molecule has 1 rings (SSSR count). The van der Waals surface area contributed by atoms with E-state index in [1.807, 2.05) is 0 Å². The predicted octanol–water partition coefficient (Wildman–Crippen LogP) is 3.76. The van der Waals surface area contributed by atoms with Crippen LogP contribution in [0.5, 0.6) is 0 Å². The predicted molar refractivity (Wildman–Crippen MR) is 48.5 cm³/mol. The van der Waals surface area contributed by atoms with Crippen molar-refractivity contribution < 1.29 is 17.9 Å². The topological polar surface area (TPSA) is 9.23 Å². The summed E-state index contributed by atoms with van der Waals surface area (Å²) in [5.74, 6) is -4.92. The van der Waals surface area contributed by atoms with Crippen LogP contribution in [0.25, 0.3) is 0 Å². The van der Waals surface area contributed by atoms with Gasteiger partial charge in [-0.2, -0.15) is 0 Å². The molecule has 0 fully saturated rings. The van der Waals surface area contributed by atoms with Gasteiger partial charge in [-0.05, 0) is 0 Å². The number of hydrogen-bond donors (Lipinski definition) is 0. The second-order valence-electron chi connectivity index (χ2n) is 2.50. The quantitative estimate of drug-likeness (QED) is 0.703. The minimum atomic E-state index is -3.30. The molecule has 0 heterocycles. The summed E-state index contributed by atoms with van der Waals surface area (Å²) in [6, 6.07) is 0. The molecule has 0 saturated heterocycles. The van der Waals surface area contributed by atoms with E-state index in [0.29, 0.717) is 0 Å². The molecule has 0 aromatic rings. The molecule has 80 valence electrons. The van der Waals surface area contributed by atoms with E-state index in [1.54, 1.807) is 0 Å². The molecule has 1 nitrogen and oxygen atoms in total. The summed E-state index contributed by atoms with van der Waals surface area (Å²) in [5, 5.41) is -2.05. The molecule has 2 atom stereocenters. The highest BCUT2D eigenvalue weighted by atomic mass is 35.5. The van der Waals surface area contributed by atoms with Gasteiger partial charge in [-0.1, -0.05) is 34.8 Å². The molecule has 0 aliphatic heterocycles. The van der Waals surface area contributed by atoms with E-state index in [2.05, 4.69) is 4.74 Å². The number of ether oxygens (including phenoxy) is 1. The molecule has 0 aromatic carbocycles. The lowest BCUT2D eigenvalue weighted by atomic mass is 10.1. The Balaban J connectivity index is 3.33. The zero-order valence-corrected chi connectivity index (χ0v) is 9.02. The van der Waals surface area contributed by atoms with Crippen molar-refractivity contribution >= 4 is 34.8 Å². The highest BCUT2D eigenvalue weighted by Gasteiger charge is 2.52. The first-order valence-electron chi connectivity index (χ1n) is 3.35. The summed E-state index contributed by atoms with van der Waals surface area (Å²) in [5.41, 5.74) is 0.